The molecule has 0 radical (unpaired) electrons. The van der Waals surface area contributed by atoms with Gasteiger partial charge in [0.15, 0.2) is 0 Å². The highest BCUT2D eigenvalue weighted by atomic mass is 16.5. The van der Waals surface area contributed by atoms with Gasteiger partial charge in [-0.1, -0.05) is 19.8 Å². The molecule has 2 aliphatic carbocycles. The van der Waals surface area contributed by atoms with Gasteiger partial charge in [-0.05, 0) is 59.0 Å². The van der Waals surface area contributed by atoms with Gasteiger partial charge in [0.05, 0.1) is 6.61 Å². The molecule has 0 spiro atoms. The molecule has 0 aromatic rings. The van der Waals surface area contributed by atoms with Crippen LogP contribution in [0.2, 0.25) is 0 Å². The van der Waals surface area contributed by atoms with Gasteiger partial charge < -0.3 is 15.0 Å². The van der Waals surface area contributed by atoms with E-state index in [1.807, 2.05) is 14.0 Å². The molecule has 4 atom stereocenters. The summed E-state index contributed by atoms with van der Waals surface area (Å²) in [4.78, 5) is 14.9. The van der Waals surface area contributed by atoms with Crippen LogP contribution in [0.3, 0.4) is 0 Å². The van der Waals surface area contributed by atoms with E-state index >= 15 is 0 Å². The van der Waals surface area contributed by atoms with E-state index in [0.717, 1.165) is 25.2 Å². The Kier molecular flexibility index (Phi) is 5.67. The van der Waals surface area contributed by atoms with Gasteiger partial charge in [-0.15, -0.1) is 0 Å². The van der Waals surface area contributed by atoms with Crippen molar-refractivity contribution in [3.63, 3.8) is 0 Å². The number of rotatable bonds is 5. The Morgan fingerprint density at radius 2 is 2.05 bits per heavy atom. The third-order valence-corrected chi connectivity index (χ3v) is 5.80. The van der Waals surface area contributed by atoms with Crippen LogP contribution in [0, 0.1) is 5.92 Å². The van der Waals surface area contributed by atoms with E-state index in [1.54, 1.807) is 0 Å². The van der Waals surface area contributed by atoms with Crippen LogP contribution in [0.25, 0.3) is 0 Å². The van der Waals surface area contributed by atoms with Crippen molar-refractivity contribution in [1.29, 1.82) is 0 Å². The second-order valence-electron chi connectivity index (χ2n) is 6.94. The molecule has 2 aliphatic rings. The van der Waals surface area contributed by atoms with Gasteiger partial charge in [0.2, 0.25) is 0 Å². The van der Waals surface area contributed by atoms with E-state index < -0.39 is 5.54 Å². The third-order valence-electron chi connectivity index (χ3n) is 5.80. The third kappa shape index (κ3) is 3.42. The standard InChI is InChI=1S/C17H32N2O2/c1-5-21-16(20)17(18-3)11-10-14(12-17)19(4)15-9-7-6-8-13(15)2/h13-15,18H,5-12H2,1-4H3. The van der Waals surface area contributed by atoms with Crippen LogP contribution in [-0.2, 0) is 9.53 Å². The van der Waals surface area contributed by atoms with Crippen LogP contribution in [0.4, 0.5) is 0 Å². The van der Waals surface area contributed by atoms with Crippen LogP contribution in [-0.4, -0.2) is 49.2 Å². The van der Waals surface area contributed by atoms with Crippen molar-refractivity contribution in [3.8, 4) is 0 Å². The van der Waals surface area contributed by atoms with E-state index in [4.69, 9.17) is 4.74 Å². The van der Waals surface area contributed by atoms with Gasteiger partial charge in [0, 0.05) is 12.1 Å². The minimum absolute atomic E-state index is 0.0694. The Morgan fingerprint density at radius 3 is 2.67 bits per heavy atom. The van der Waals surface area contributed by atoms with Gasteiger partial charge in [-0.25, -0.2) is 0 Å². The molecule has 0 saturated heterocycles. The highest BCUT2D eigenvalue weighted by molar-refractivity contribution is 5.81. The maximum Gasteiger partial charge on any atom is 0.326 e. The van der Waals surface area contributed by atoms with Crippen LogP contribution < -0.4 is 5.32 Å². The zero-order valence-corrected chi connectivity index (χ0v) is 14.2. The van der Waals surface area contributed by atoms with Gasteiger partial charge in [0.25, 0.3) is 0 Å². The molecule has 122 valence electrons. The molecule has 4 nitrogen and oxygen atoms in total. The van der Waals surface area contributed by atoms with Crippen LogP contribution in [0.15, 0.2) is 0 Å². The number of nitrogens with zero attached hydrogens (tertiary/aromatic N) is 1. The summed E-state index contributed by atoms with van der Waals surface area (Å²) in [6, 6.07) is 1.17. The molecule has 4 unspecified atom stereocenters. The summed E-state index contributed by atoms with van der Waals surface area (Å²) >= 11 is 0. The number of likely N-dealkylation sites (N-methyl/N-ethyl adjacent to an activating group) is 1. The van der Waals surface area contributed by atoms with E-state index in [-0.39, 0.29) is 5.97 Å². The number of hydrogen-bond donors (Lipinski definition) is 1. The van der Waals surface area contributed by atoms with E-state index in [0.29, 0.717) is 18.7 Å². The molecule has 4 heteroatoms. The zero-order valence-electron chi connectivity index (χ0n) is 14.2. The lowest BCUT2D eigenvalue weighted by Crippen LogP contribution is -2.51. The molecule has 0 amide bonds. The topological polar surface area (TPSA) is 41.6 Å². The van der Waals surface area contributed by atoms with Crippen LogP contribution >= 0.6 is 0 Å². The molecule has 0 bridgehead atoms. The minimum atomic E-state index is -0.465. The maximum atomic E-state index is 12.3. The lowest BCUT2D eigenvalue weighted by molar-refractivity contribution is -0.151. The average molecular weight is 296 g/mol. The molecule has 2 fully saturated rings. The molecule has 2 saturated carbocycles. The SMILES string of the molecule is CCOC(=O)C1(NC)CCC(N(C)C2CCCCC2C)C1. The number of hydrogen-bond acceptors (Lipinski definition) is 4. The number of esters is 1. The minimum Gasteiger partial charge on any atom is -0.465 e. The number of carbonyl (C=O) groups is 1. The van der Waals surface area contributed by atoms with E-state index in [2.05, 4.69) is 24.2 Å². The molecule has 0 heterocycles. The fourth-order valence-electron chi connectivity index (χ4n) is 4.32. The second-order valence-corrected chi connectivity index (χ2v) is 6.94. The van der Waals surface area contributed by atoms with Crippen molar-refractivity contribution in [2.24, 2.45) is 5.92 Å². The normalized spacial score (nSPS) is 36.9. The summed E-state index contributed by atoms with van der Waals surface area (Å²) in [6.07, 6.45) is 8.22. The lowest BCUT2D eigenvalue weighted by atomic mass is 9.84. The van der Waals surface area contributed by atoms with Crippen molar-refractivity contribution < 1.29 is 9.53 Å². The highest BCUT2D eigenvalue weighted by Gasteiger charge is 2.47. The smallest absolute Gasteiger partial charge is 0.326 e. The van der Waals surface area contributed by atoms with Crippen molar-refractivity contribution in [1.82, 2.24) is 10.2 Å². The Balaban J connectivity index is 2.01. The maximum absolute atomic E-state index is 12.3. The van der Waals surface area contributed by atoms with Crippen LogP contribution in [0.5, 0.6) is 0 Å². The monoisotopic (exact) mass is 296 g/mol. The Bertz CT molecular complexity index is 361. The predicted octanol–water partition coefficient (Wildman–Crippen LogP) is 2.57. The highest BCUT2D eigenvalue weighted by Crippen LogP contribution is 2.37. The fourth-order valence-corrected chi connectivity index (χ4v) is 4.32. The van der Waals surface area contributed by atoms with Crippen molar-refractivity contribution in [2.75, 3.05) is 20.7 Å². The summed E-state index contributed by atoms with van der Waals surface area (Å²) in [5.74, 6) is 0.705. The second kappa shape index (κ2) is 7.10. The zero-order chi connectivity index (χ0) is 15.5. The Labute approximate surface area is 129 Å². The Morgan fingerprint density at radius 1 is 1.33 bits per heavy atom. The number of ether oxygens (including phenoxy) is 1. The van der Waals surface area contributed by atoms with E-state index in [1.165, 1.54) is 25.7 Å². The molecule has 21 heavy (non-hydrogen) atoms. The average Bonchev–Trinajstić information content (AvgIpc) is 2.93. The molecule has 0 aromatic carbocycles. The van der Waals surface area contributed by atoms with E-state index in [9.17, 15) is 4.79 Å². The first-order chi connectivity index (χ1) is 10.0. The quantitative estimate of drug-likeness (QED) is 0.792. The first-order valence-corrected chi connectivity index (χ1v) is 8.62. The Hall–Kier alpha value is -0.610. The molecule has 0 aliphatic heterocycles. The van der Waals surface area contributed by atoms with Gasteiger partial charge in [-0.3, -0.25) is 4.79 Å². The largest absolute Gasteiger partial charge is 0.465 e. The van der Waals surface area contributed by atoms with Gasteiger partial charge in [0.1, 0.15) is 5.54 Å². The van der Waals surface area contributed by atoms with Crippen LogP contribution in [0.1, 0.15) is 58.8 Å². The first-order valence-electron chi connectivity index (χ1n) is 8.62. The van der Waals surface area contributed by atoms with Gasteiger partial charge >= 0.3 is 5.97 Å². The molecular weight excluding hydrogens is 264 g/mol. The lowest BCUT2D eigenvalue weighted by Gasteiger charge is -2.40. The van der Waals surface area contributed by atoms with Crippen molar-refractivity contribution >= 4 is 5.97 Å². The molecular formula is C17H32N2O2. The molecule has 0 aromatic heterocycles. The first kappa shape index (κ1) is 16.8. The molecule has 2 rings (SSSR count). The van der Waals surface area contributed by atoms with Crippen molar-refractivity contribution in [3.05, 3.63) is 0 Å². The molecule has 1 N–H and O–H groups in total. The summed E-state index contributed by atoms with van der Waals surface area (Å²) in [7, 11) is 4.15. The number of nitrogens with one attached hydrogen (secondary N) is 1. The van der Waals surface area contributed by atoms with Gasteiger partial charge in [-0.2, -0.15) is 0 Å². The van der Waals surface area contributed by atoms with Crippen molar-refractivity contribution in [2.45, 2.75) is 76.4 Å². The summed E-state index contributed by atoms with van der Waals surface area (Å²) in [5, 5.41) is 3.26. The predicted molar refractivity (Wildman–Crippen MR) is 85.2 cm³/mol. The number of carbonyl (C=O) groups excluding carboxylic acids is 1. The summed E-state index contributed by atoms with van der Waals surface area (Å²) in [6.45, 7) is 4.72. The fraction of sp³-hybridized carbons (Fsp3) is 0.941. The summed E-state index contributed by atoms with van der Waals surface area (Å²) in [5.41, 5.74) is -0.465. The summed E-state index contributed by atoms with van der Waals surface area (Å²) < 4.78 is 5.29.